The molecule has 2 heterocycles. The van der Waals surface area contributed by atoms with E-state index in [0.717, 1.165) is 4.68 Å². The van der Waals surface area contributed by atoms with Crippen LogP contribution in [0, 0.1) is 0 Å². The Morgan fingerprint density at radius 3 is 2.41 bits per heavy atom. The number of rotatable bonds is 10. The number of sulfonamides is 1. The van der Waals surface area contributed by atoms with Gasteiger partial charge in [0, 0.05) is 18.6 Å². The number of alkyl halides is 3. The summed E-state index contributed by atoms with van der Waals surface area (Å²) >= 11 is 0. The van der Waals surface area contributed by atoms with Gasteiger partial charge in [0.25, 0.3) is 15.9 Å². The van der Waals surface area contributed by atoms with Crippen LogP contribution in [0.15, 0.2) is 53.4 Å². The molecule has 0 bridgehead atoms. The topological polar surface area (TPSA) is 128 Å². The van der Waals surface area contributed by atoms with Crippen LogP contribution >= 0.6 is 0 Å². The monoisotopic (exact) mass is 567 g/mol. The van der Waals surface area contributed by atoms with Gasteiger partial charge in [-0.2, -0.15) is 22.6 Å². The minimum Gasteiger partial charge on any atom is -0.494 e. The zero-order valence-corrected chi connectivity index (χ0v) is 21.6. The first-order valence-corrected chi connectivity index (χ1v) is 13.2. The molecule has 1 aromatic heterocycles. The molecule has 208 valence electrons. The molecule has 0 aliphatic carbocycles. The number of hydrogen-bond acceptors (Lipinski definition) is 7. The highest BCUT2D eigenvalue weighted by Gasteiger charge is 2.44. The predicted molar refractivity (Wildman–Crippen MR) is 130 cm³/mol. The van der Waals surface area contributed by atoms with Gasteiger partial charge >= 0.3 is 12.1 Å². The highest BCUT2D eigenvalue weighted by Crippen LogP contribution is 2.39. The van der Waals surface area contributed by atoms with Crippen molar-refractivity contribution in [1.82, 2.24) is 14.1 Å². The third-order valence-electron chi connectivity index (χ3n) is 5.84. The van der Waals surface area contributed by atoms with Gasteiger partial charge in [-0.05, 0) is 36.1 Å². The molecule has 2 aromatic carbocycles. The fourth-order valence-electron chi connectivity index (χ4n) is 3.96. The van der Waals surface area contributed by atoms with Gasteiger partial charge in [0.2, 0.25) is 5.88 Å². The number of halogens is 3. The second-order valence-electron chi connectivity index (χ2n) is 8.93. The van der Waals surface area contributed by atoms with Crippen LogP contribution in [0.25, 0.3) is 5.69 Å². The molecule has 0 unspecified atom stereocenters. The summed E-state index contributed by atoms with van der Waals surface area (Å²) in [6.07, 6.45) is -4.75. The van der Waals surface area contributed by atoms with E-state index in [2.05, 4.69) is 5.10 Å². The fourth-order valence-corrected chi connectivity index (χ4v) is 5.43. The number of carbonyl (C=O) groups excluding carboxylic acids is 1. The van der Waals surface area contributed by atoms with Crippen LogP contribution in [-0.2, 0) is 21.0 Å². The molecule has 39 heavy (non-hydrogen) atoms. The van der Waals surface area contributed by atoms with Crippen molar-refractivity contribution in [1.29, 1.82) is 0 Å². The molecule has 0 fully saturated rings. The fraction of sp³-hybridized carbons (Fsp3) is 0.320. The van der Waals surface area contributed by atoms with Crippen LogP contribution in [0.5, 0.6) is 11.6 Å². The van der Waals surface area contributed by atoms with Crippen LogP contribution in [-0.4, -0.2) is 52.8 Å². The average Bonchev–Trinajstić information content (AvgIpc) is 3.38. The van der Waals surface area contributed by atoms with Gasteiger partial charge in [-0.25, -0.2) is 13.1 Å². The van der Waals surface area contributed by atoms with Crippen molar-refractivity contribution in [3.05, 3.63) is 65.4 Å². The molecule has 0 saturated heterocycles. The summed E-state index contributed by atoms with van der Waals surface area (Å²) in [6.45, 7) is 2.60. The van der Waals surface area contributed by atoms with E-state index in [0.29, 0.717) is 15.9 Å². The number of aromatic nitrogens is 2. The number of benzene rings is 2. The van der Waals surface area contributed by atoms with Gasteiger partial charge in [0.15, 0.2) is 12.4 Å². The Hall–Kier alpha value is -4.07. The summed E-state index contributed by atoms with van der Waals surface area (Å²) < 4.78 is 79.2. The van der Waals surface area contributed by atoms with Gasteiger partial charge in [-0.1, -0.05) is 32.0 Å². The quantitative estimate of drug-likeness (QED) is 0.356. The maximum absolute atomic E-state index is 13.4. The number of hydrogen-bond donors (Lipinski definition) is 1. The standard InChI is InChI=1S/C25H24F3N3O7S/c1-15(2)18-11-17(37-10-6-9-22(32)33)12-19-23(18)24(34)30(39(19,35)36)14-38-21-13-20(25(26,27)28)29-31(21)16-7-4-3-5-8-16/h3-5,7-8,11-13,15H,6,9-10,14H2,1-2H3,(H,32,33). The van der Waals surface area contributed by atoms with Gasteiger partial charge in [0.05, 0.1) is 17.9 Å². The molecule has 1 N–H and O–H groups in total. The molecule has 10 nitrogen and oxygen atoms in total. The maximum atomic E-state index is 13.4. The lowest BCUT2D eigenvalue weighted by Crippen LogP contribution is -2.34. The van der Waals surface area contributed by atoms with E-state index in [4.69, 9.17) is 14.6 Å². The van der Waals surface area contributed by atoms with Crippen molar-refractivity contribution in [3.8, 4) is 17.3 Å². The lowest BCUT2D eigenvalue weighted by molar-refractivity contribution is -0.141. The van der Waals surface area contributed by atoms with Crippen molar-refractivity contribution in [3.63, 3.8) is 0 Å². The number of fused-ring (bicyclic) bond motifs is 1. The Morgan fingerprint density at radius 1 is 1.10 bits per heavy atom. The second kappa shape index (κ2) is 10.6. The summed E-state index contributed by atoms with van der Waals surface area (Å²) in [7, 11) is -4.45. The first-order chi connectivity index (χ1) is 18.3. The molecule has 0 radical (unpaired) electrons. The van der Waals surface area contributed by atoms with Crippen LogP contribution in [0.1, 0.15) is 54.2 Å². The number of para-hydroxylation sites is 1. The van der Waals surface area contributed by atoms with E-state index in [1.807, 2.05) is 0 Å². The van der Waals surface area contributed by atoms with E-state index in [9.17, 15) is 31.2 Å². The minimum atomic E-state index is -4.79. The van der Waals surface area contributed by atoms with Gasteiger partial charge in [-0.15, -0.1) is 0 Å². The van der Waals surface area contributed by atoms with Crippen molar-refractivity contribution < 1.29 is 45.8 Å². The summed E-state index contributed by atoms with van der Waals surface area (Å²) in [4.78, 5) is 23.7. The summed E-state index contributed by atoms with van der Waals surface area (Å²) in [5, 5.41) is 12.3. The Morgan fingerprint density at radius 2 is 1.79 bits per heavy atom. The van der Waals surface area contributed by atoms with Crippen molar-refractivity contribution in [2.45, 2.75) is 43.7 Å². The zero-order valence-electron chi connectivity index (χ0n) is 20.8. The van der Waals surface area contributed by atoms with Crippen LogP contribution in [0.3, 0.4) is 0 Å². The highest BCUT2D eigenvalue weighted by molar-refractivity contribution is 7.90. The molecular weight excluding hydrogens is 543 g/mol. The first-order valence-electron chi connectivity index (χ1n) is 11.8. The minimum absolute atomic E-state index is 0.00839. The van der Waals surface area contributed by atoms with Crippen molar-refractivity contribution >= 4 is 21.9 Å². The summed E-state index contributed by atoms with van der Waals surface area (Å²) in [5.74, 6) is -2.48. The molecule has 0 saturated carbocycles. The van der Waals surface area contributed by atoms with Gasteiger partial charge in [-0.3, -0.25) is 9.59 Å². The predicted octanol–water partition coefficient (Wildman–Crippen LogP) is 4.44. The third kappa shape index (κ3) is 5.70. The van der Waals surface area contributed by atoms with Crippen LogP contribution in [0.4, 0.5) is 13.2 Å². The first kappa shape index (κ1) is 28.0. The third-order valence-corrected chi connectivity index (χ3v) is 7.57. The summed E-state index contributed by atoms with van der Waals surface area (Å²) in [5.41, 5.74) is -0.731. The number of carboxylic acids is 1. The van der Waals surface area contributed by atoms with E-state index in [-0.39, 0.29) is 47.3 Å². The molecule has 14 heteroatoms. The Balaban J connectivity index is 1.64. The smallest absolute Gasteiger partial charge is 0.435 e. The molecule has 4 rings (SSSR count). The molecule has 3 aromatic rings. The number of ether oxygens (including phenoxy) is 2. The Kier molecular flexibility index (Phi) is 7.59. The van der Waals surface area contributed by atoms with Gasteiger partial charge in [0.1, 0.15) is 10.6 Å². The summed E-state index contributed by atoms with van der Waals surface area (Å²) in [6, 6.07) is 11.1. The molecular formula is C25H24F3N3O7S. The lowest BCUT2D eigenvalue weighted by Gasteiger charge is -2.16. The number of amides is 1. The maximum Gasteiger partial charge on any atom is 0.435 e. The molecule has 0 spiro atoms. The normalized spacial score (nSPS) is 14.5. The van der Waals surface area contributed by atoms with Gasteiger partial charge < -0.3 is 14.6 Å². The molecule has 1 aliphatic rings. The Bertz CT molecular complexity index is 1500. The highest BCUT2D eigenvalue weighted by atomic mass is 32.2. The Labute approximate surface area is 221 Å². The average molecular weight is 568 g/mol. The zero-order chi connectivity index (χ0) is 28.5. The number of carbonyl (C=O) groups is 2. The molecule has 0 atom stereocenters. The van der Waals surface area contributed by atoms with Crippen molar-refractivity contribution in [2.24, 2.45) is 0 Å². The van der Waals surface area contributed by atoms with E-state index in [1.54, 1.807) is 32.0 Å². The van der Waals surface area contributed by atoms with E-state index in [1.165, 1.54) is 24.3 Å². The van der Waals surface area contributed by atoms with Crippen LogP contribution in [0.2, 0.25) is 0 Å². The second-order valence-corrected chi connectivity index (χ2v) is 10.8. The lowest BCUT2D eigenvalue weighted by atomic mass is 9.96. The van der Waals surface area contributed by atoms with Crippen LogP contribution < -0.4 is 9.47 Å². The number of aliphatic carboxylic acids is 1. The largest absolute Gasteiger partial charge is 0.494 e. The molecule has 1 amide bonds. The number of carboxylic acid groups (broad SMARTS) is 1. The SMILES string of the molecule is CC(C)c1cc(OCCCC(=O)O)cc2c1C(=O)N(COc1cc(C(F)(F)F)nn1-c1ccccc1)S2(=O)=O. The molecule has 1 aliphatic heterocycles. The van der Waals surface area contributed by atoms with Crippen molar-refractivity contribution in [2.75, 3.05) is 13.3 Å². The number of nitrogens with zero attached hydrogens (tertiary/aromatic N) is 3. The van der Waals surface area contributed by atoms with E-state index >= 15 is 0 Å². The van der Waals surface area contributed by atoms with E-state index < -0.39 is 46.4 Å².